The van der Waals surface area contributed by atoms with Gasteiger partial charge in [0, 0.05) is 21.9 Å². The van der Waals surface area contributed by atoms with Crippen molar-refractivity contribution in [2.24, 2.45) is 0 Å². The summed E-state index contributed by atoms with van der Waals surface area (Å²) in [4.78, 5) is 56.3. The molecule has 11 nitrogen and oxygen atoms in total. The summed E-state index contributed by atoms with van der Waals surface area (Å²) >= 11 is 14.9. The van der Waals surface area contributed by atoms with Crippen LogP contribution < -0.4 is 15.4 Å². The molecular formula is C39H31Cl2FN4O7S2. The molecule has 2 amide bonds. The molecule has 55 heavy (non-hydrogen) atoms. The zero-order chi connectivity index (χ0) is 39.5. The third-order valence-electron chi connectivity index (χ3n) is 7.80. The van der Waals surface area contributed by atoms with Gasteiger partial charge in [0.25, 0.3) is 11.8 Å². The fraction of sp³-hybridized carbons (Fsp3) is 0.128. The van der Waals surface area contributed by atoms with Crippen molar-refractivity contribution < 1.29 is 38.5 Å². The summed E-state index contributed by atoms with van der Waals surface area (Å²) in [6.07, 6.45) is -0.642. The van der Waals surface area contributed by atoms with Crippen molar-refractivity contribution in [3.8, 4) is 26.9 Å². The van der Waals surface area contributed by atoms with E-state index in [9.17, 15) is 28.7 Å². The molecule has 0 radical (unpaired) electrons. The van der Waals surface area contributed by atoms with E-state index in [0.717, 1.165) is 5.56 Å². The molecule has 6 rings (SSSR count). The molecule has 0 saturated carbocycles. The second kappa shape index (κ2) is 19.1. The Balaban J connectivity index is 0.000000211. The summed E-state index contributed by atoms with van der Waals surface area (Å²) in [5, 5.41) is 29.1. The van der Waals surface area contributed by atoms with E-state index in [0.29, 0.717) is 42.5 Å². The number of hydrogen-bond donors (Lipinski definition) is 4. The standard InChI is InChI=1S/C20H17ClN2O4S.C19H14ClFN2O3S/c1-27-13-6-4-5-12(9-13)16(10-18(24)25)22-19(26)17-11-28-20(23-17)14-7-2-3-8-15(14)21;20-14-7-2-1-6-13(14)19-23-16(10-27-19)18(26)22-15(9-17(24)25)11-4-3-5-12(21)8-11/h2-9,11,16H,10H2,1H3,(H,22,26)(H,24,25);1-8,10,15H,9H2,(H,22,26)(H,24,25)/t16-;15-/m00/s1. The second-order valence-corrected chi connectivity index (χ2v) is 14.1. The number of carbonyl (C=O) groups excluding carboxylic acids is 2. The number of methoxy groups -OCH3 is 1. The van der Waals surface area contributed by atoms with Crippen molar-refractivity contribution in [3.63, 3.8) is 0 Å². The van der Waals surface area contributed by atoms with Gasteiger partial charge in [0.2, 0.25) is 0 Å². The van der Waals surface area contributed by atoms with Crippen LogP contribution >= 0.6 is 45.9 Å². The first-order valence-corrected chi connectivity index (χ1v) is 18.8. The predicted molar refractivity (Wildman–Crippen MR) is 209 cm³/mol. The summed E-state index contributed by atoms with van der Waals surface area (Å²) in [6, 6.07) is 25.2. The summed E-state index contributed by atoms with van der Waals surface area (Å²) in [7, 11) is 1.52. The second-order valence-electron chi connectivity index (χ2n) is 11.6. The molecule has 0 saturated heterocycles. The van der Waals surface area contributed by atoms with E-state index in [-0.39, 0.29) is 24.2 Å². The van der Waals surface area contributed by atoms with Crippen molar-refractivity contribution in [2.45, 2.75) is 24.9 Å². The van der Waals surface area contributed by atoms with Gasteiger partial charge < -0.3 is 25.6 Å². The van der Waals surface area contributed by atoms with E-state index >= 15 is 0 Å². The van der Waals surface area contributed by atoms with Gasteiger partial charge in [-0.3, -0.25) is 19.2 Å². The van der Waals surface area contributed by atoms with Crippen LogP contribution in [0.5, 0.6) is 5.75 Å². The Labute approximate surface area is 332 Å². The highest BCUT2D eigenvalue weighted by Crippen LogP contribution is 2.32. The van der Waals surface area contributed by atoms with Crippen molar-refractivity contribution >= 4 is 69.6 Å². The van der Waals surface area contributed by atoms with Crippen molar-refractivity contribution in [2.75, 3.05) is 7.11 Å². The van der Waals surface area contributed by atoms with Crippen LogP contribution in [0.4, 0.5) is 4.39 Å². The van der Waals surface area contributed by atoms with E-state index < -0.39 is 41.7 Å². The molecule has 0 spiro atoms. The van der Waals surface area contributed by atoms with Crippen LogP contribution in [0.25, 0.3) is 21.1 Å². The fourth-order valence-corrected chi connectivity index (χ4v) is 7.41. The van der Waals surface area contributed by atoms with Gasteiger partial charge in [0.15, 0.2) is 0 Å². The molecule has 0 bridgehead atoms. The number of thiazole rings is 2. The smallest absolute Gasteiger partial charge is 0.305 e. The van der Waals surface area contributed by atoms with E-state index in [4.69, 9.17) is 33.0 Å². The van der Waals surface area contributed by atoms with E-state index in [1.165, 1.54) is 48.0 Å². The Kier molecular flexibility index (Phi) is 14.1. The number of carboxylic acid groups (broad SMARTS) is 2. The van der Waals surface area contributed by atoms with Gasteiger partial charge in [-0.15, -0.1) is 22.7 Å². The van der Waals surface area contributed by atoms with Crippen LogP contribution in [0.1, 0.15) is 57.0 Å². The number of carboxylic acids is 2. The zero-order valence-electron chi connectivity index (χ0n) is 28.7. The highest BCUT2D eigenvalue weighted by molar-refractivity contribution is 7.13. The number of aliphatic carboxylic acids is 2. The highest BCUT2D eigenvalue weighted by atomic mass is 35.5. The third-order valence-corrected chi connectivity index (χ3v) is 10.2. The van der Waals surface area contributed by atoms with Crippen LogP contribution in [0.3, 0.4) is 0 Å². The maximum absolute atomic E-state index is 13.5. The molecule has 282 valence electrons. The summed E-state index contributed by atoms with van der Waals surface area (Å²) in [5.74, 6) is -3.06. The molecule has 0 aliphatic carbocycles. The van der Waals surface area contributed by atoms with E-state index in [2.05, 4.69) is 20.6 Å². The van der Waals surface area contributed by atoms with E-state index in [1.807, 2.05) is 24.3 Å². The molecule has 0 fully saturated rings. The number of carbonyl (C=O) groups is 4. The van der Waals surface area contributed by atoms with Gasteiger partial charge in [-0.2, -0.15) is 0 Å². The molecule has 16 heteroatoms. The molecular weight excluding hydrogens is 790 g/mol. The lowest BCUT2D eigenvalue weighted by Gasteiger charge is -2.17. The number of benzene rings is 4. The number of amides is 2. The van der Waals surface area contributed by atoms with Gasteiger partial charge in [-0.25, -0.2) is 14.4 Å². The first-order valence-electron chi connectivity index (χ1n) is 16.3. The van der Waals surface area contributed by atoms with Crippen molar-refractivity contribution in [3.05, 3.63) is 146 Å². The summed E-state index contributed by atoms with van der Waals surface area (Å²) in [6.45, 7) is 0. The van der Waals surface area contributed by atoms with Gasteiger partial charge in [0.1, 0.15) is 33.0 Å². The van der Waals surface area contributed by atoms with Crippen LogP contribution in [0.2, 0.25) is 10.0 Å². The molecule has 6 aromatic rings. The first kappa shape index (κ1) is 40.5. The molecule has 0 aliphatic rings. The average molecular weight is 822 g/mol. The van der Waals surface area contributed by atoms with Crippen molar-refractivity contribution in [1.29, 1.82) is 0 Å². The molecule has 4 N–H and O–H groups in total. The monoisotopic (exact) mass is 820 g/mol. The van der Waals surface area contributed by atoms with Crippen molar-refractivity contribution in [1.82, 2.24) is 20.6 Å². The molecule has 2 aromatic heterocycles. The summed E-state index contributed by atoms with van der Waals surface area (Å²) < 4.78 is 18.7. The lowest BCUT2D eigenvalue weighted by Crippen LogP contribution is -2.30. The highest BCUT2D eigenvalue weighted by Gasteiger charge is 2.23. The number of rotatable bonds is 13. The number of aromatic nitrogens is 2. The summed E-state index contributed by atoms with van der Waals surface area (Å²) in [5.41, 5.74) is 2.79. The predicted octanol–water partition coefficient (Wildman–Crippen LogP) is 8.97. The molecule has 0 aliphatic heterocycles. The molecule has 2 heterocycles. The number of ether oxygens (including phenoxy) is 1. The topological polar surface area (TPSA) is 168 Å². The first-order chi connectivity index (χ1) is 26.4. The van der Waals surface area contributed by atoms with E-state index in [1.54, 1.807) is 65.4 Å². The van der Waals surface area contributed by atoms with Gasteiger partial charge in [0.05, 0.1) is 42.1 Å². The third kappa shape index (κ3) is 11.2. The fourth-order valence-electron chi connectivity index (χ4n) is 5.17. The SMILES string of the molecule is COc1cccc([C@H](CC(=O)O)NC(=O)c2csc(-c3ccccc3Cl)n2)c1.O=C(O)C[C@H](NC(=O)c1csc(-c2ccccc2Cl)n1)c1cccc(F)c1. The lowest BCUT2D eigenvalue weighted by atomic mass is 10.0. The minimum absolute atomic E-state index is 0.140. The zero-order valence-corrected chi connectivity index (χ0v) is 31.9. The number of halogens is 3. The maximum atomic E-state index is 13.5. The maximum Gasteiger partial charge on any atom is 0.305 e. The quantitative estimate of drug-likeness (QED) is 0.0889. The lowest BCUT2D eigenvalue weighted by molar-refractivity contribution is -0.138. The Hall–Kier alpha value is -5.67. The number of hydrogen-bond acceptors (Lipinski definition) is 9. The van der Waals surface area contributed by atoms with Gasteiger partial charge >= 0.3 is 11.9 Å². The van der Waals surface area contributed by atoms with Gasteiger partial charge in [-0.05, 0) is 47.5 Å². The minimum atomic E-state index is -1.11. The number of nitrogens with one attached hydrogen (secondary N) is 2. The van der Waals surface area contributed by atoms with Crippen LogP contribution in [-0.4, -0.2) is 51.0 Å². The Morgan fingerprint density at radius 3 is 1.58 bits per heavy atom. The van der Waals surface area contributed by atoms with Crippen LogP contribution in [-0.2, 0) is 9.59 Å². The number of nitrogens with zero attached hydrogens (tertiary/aromatic N) is 2. The Morgan fingerprint density at radius 2 is 1.15 bits per heavy atom. The molecule has 2 atom stereocenters. The van der Waals surface area contributed by atoms with Crippen LogP contribution in [0.15, 0.2) is 108 Å². The minimum Gasteiger partial charge on any atom is -0.497 e. The molecule has 0 unspecified atom stereocenters. The largest absolute Gasteiger partial charge is 0.497 e. The average Bonchev–Trinajstić information content (AvgIpc) is 3.86. The Morgan fingerprint density at radius 1 is 0.691 bits per heavy atom. The molecule has 4 aromatic carbocycles. The normalized spacial score (nSPS) is 11.7. The van der Waals surface area contributed by atoms with Crippen LogP contribution in [0, 0.1) is 5.82 Å². The van der Waals surface area contributed by atoms with Gasteiger partial charge in [-0.1, -0.05) is 83.9 Å². The Bertz CT molecular complexity index is 2320.